The second-order valence-corrected chi connectivity index (χ2v) is 7.57. The van der Waals surface area contributed by atoms with Gasteiger partial charge in [-0.05, 0) is 6.07 Å². The number of thioether (sulfide) groups is 2. The lowest BCUT2D eigenvalue weighted by Gasteiger charge is -2.10. The van der Waals surface area contributed by atoms with Crippen LogP contribution in [0, 0.1) is 11.3 Å². The zero-order valence-electron chi connectivity index (χ0n) is 12.0. The van der Waals surface area contributed by atoms with Crippen molar-refractivity contribution in [1.29, 1.82) is 5.26 Å². The van der Waals surface area contributed by atoms with Crippen LogP contribution in [0.1, 0.15) is 10.9 Å². The minimum absolute atomic E-state index is 0.0109. The second kappa shape index (κ2) is 7.17. The van der Waals surface area contributed by atoms with E-state index in [4.69, 9.17) is 16.7 Å². The molecule has 122 valence electrons. The van der Waals surface area contributed by atoms with Crippen LogP contribution in [-0.4, -0.2) is 31.5 Å². The second-order valence-electron chi connectivity index (χ2n) is 4.66. The zero-order chi connectivity index (χ0) is 17.1. The first-order valence-electron chi connectivity index (χ1n) is 6.66. The predicted octanol–water partition coefficient (Wildman–Crippen LogP) is 3.89. The smallest absolute Gasteiger partial charge is 0.409 e. The van der Waals surface area contributed by atoms with Gasteiger partial charge in [-0.2, -0.15) is 5.26 Å². The Balaban J connectivity index is 1.83. The van der Waals surface area contributed by atoms with Gasteiger partial charge in [0.05, 0.1) is 38.4 Å². The van der Waals surface area contributed by atoms with Gasteiger partial charge in [0.15, 0.2) is 0 Å². The fraction of sp³-hybridized carbons (Fsp3) is 0.143. The van der Waals surface area contributed by atoms with Gasteiger partial charge in [-0.25, -0.2) is 9.78 Å². The highest BCUT2D eigenvalue weighted by Gasteiger charge is 2.28. The van der Waals surface area contributed by atoms with Crippen molar-refractivity contribution in [2.24, 2.45) is 0 Å². The SMILES string of the molecule is N#CC(=C1SCC(c2ncc(NC(=O)O)cc2Cl)S1)n1ccnc1. The molecule has 0 radical (unpaired) electrons. The quantitative estimate of drug-likeness (QED) is 0.779. The van der Waals surface area contributed by atoms with Crippen molar-refractivity contribution >= 4 is 52.6 Å². The first-order valence-corrected chi connectivity index (χ1v) is 8.90. The molecule has 1 aliphatic rings. The van der Waals surface area contributed by atoms with E-state index in [1.807, 2.05) is 0 Å². The molecule has 1 atom stereocenters. The van der Waals surface area contributed by atoms with E-state index >= 15 is 0 Å². The van der Waals surface area contributed by atoms with Gasteiger partial charge < -0.3 is 5.11 Å². The number of allylic oxidation sites excluding steroid dienone is 1. The number of nitrogens with zero attached hydrogens (tertiary/aromatic N) is 4. The van der Waals surface area contributed by atoms with Crippen LogP contribution in [-0.2, 0) is 0 Å². The number of hydrogen-bond acceptors (Lipinski definition) is 6. The summed E-state index contributed by atoms with van der Waals surface area (Å²) in [6.07, 6.45) is 5.18. The zero-order valence-corrected chi connectivity index (χ0v) is 14.4. The average Bonchev–Trinajstić information content (AvgIpc) is 3.20. The number of halogens is 1. The molecule has 24 heavy (non-hydrogen) atoms. The van der Waals surface area contributed by atoms with Crippen LogP contribution < -0.4 is 5.32 Å². The number of aromatic nitrogens is 3. The highest BCUT2D eigenvalue weighted by molar-refractivity contribution is 8.25. The van der Waals surface area contributed by atoms with E-state index in [0.717, 1.165) is 9.99 Å². The molecule has 7 nitrogen and oxygen atoms in total. The number of nitrogens with one attached hydrogen (secondary N) is 1. The minimum Gasteiger partial charge on any atom is -0.465 e. The monoisotopic (exact) mass is 379 g/mol. The van der Waals surface area contributed by atoms with Crippen LogP contribution in [0.25, 0.3) is 5.70 Å². The van der Waals surface area contributed by atoms with Crippen molar-refractivity contribution < 1.29 is 9.90 Å². The Bertz CT molecular complexity index is 847. The molecular weight excluding hydrogens is 370 g/mol. The lowest BCUT2D eigenvalue weighted by molar-refractivity contribution is 0.209. The number of nitriles is 1. The molecule has 0 bridgehead atoms. The third kappa shape index (κ3) is 3.51. The summed E-state index contributed by atoms with van der Waals surface area (Å²) in [5, 5.41) is 20.7. The topological polar surface area (TPSA) is 104 Å². The standard InChI is InChI=1S/C14H10ClN5O2S2/c15-9-3-8(19-14(21)22)5-18-12(9)11-6-23-13(24-11)10(4-16)20-2-1-17-7-20/h1-3,5,7,11,19H,6H2,(H,21,22). The molecule has 3 heterocycles. The summed E-state index contributed by atoms with van der Waals surface area (Å²) >= 11 is 9.32. The molecule has 2 aromatic heterocycles. The first-order chi connectivity index (χ1) is 11.6. The Morgan fingerprint density at radius 3 is 3.04 bits per heavy atom. The first kappa shape index (κ1) is 16.7. The molecule has 2 aromatic rings. The molecule has 1 saturated heterocycles. The van der Waals surface area contributed by atoms with Crippen LogP contribution >= 0.6 is 35.1 Å². The van der Waals surface area contributed by atoms with E-state index in [2.05, 4.69) is 21.4 Å². The van der Waals surface area contributed by atoms with E-state index in [9.17, 15) is 10.1 Å². The summed E-state index contributed by atoms with van der Waals surface area (Å²) in [5.74, 6) is 0.721. The summed E-state index contributed by atoms with van der Waals surface area (Å²) in [4.78, 5) is 18.9. The summed E-state index contributed by atoms with van der Waals surface area (Å²) in [6.45, 7) is 0. The summed E-state index contributed by atoms with van der Waals surface area (Å²) < 4.78 is 2.55. The molecule has 1 fully saturated rings. The Kier molecular flexibility index (Phi) is 4.99. The molecule has 1 aliphatic heterocycles. The number of anilines is 1. The molecule has 0 aromatic carbocycles. The van der Waals surface area contributed by atoms with Gasteiger partial charge in [0.1, 0.15) is 11.8 Å². The summed E-state index contributed by atoms with van der Waals surface area (Å²) in [7, 11) is 0. The molecular formula is C14H10ClN5O2S2. The van der Waals surface area contributed by atoms with E-state index < -0.39 is 6.09 Å². The van der Waals surface area contributed by atoms with Gasteiger partial charge in [0, 0.05) is 18.1 Å². The van der Waals surface area contributed by atoms with Crippen molar-refractivity contribution in [3.05, 3.63) is 45.9 Å². The fourth-order valence-corrected chi connectivity index (χ4v) is 5.32. The van der Waals surface area contributed by atoms with E-state index in [-0.39, 0.29) is 5.25 Å². The average molecular weight is 380 g/mol. The van der Waals surface area contributed by atoms with Crippen molar-refractivity contribution in [3.63, 3.8) is 0 Å². The number of amides is 1. The number of imidazole rings is 1. The molecule has 10 heteroatoms. The molecule has 0 spiro atoms. The van der Waals surface area contributed by atoms with Crippen LogP contribution in [0.2, 0.25) is 5.02 Å². The van der Waals surface area contributed by atoms with Gasteiger partial charge in [-0.3, -0.25) is 14.9 Å². The summed E-state index contributed by atoms with van der Waals surface area (Å²) in [6, 6.07) is 3.73. The molecule has 0 saturated carbocycles. The van der Waals surface area contributed by atoms with Gasteiger partial charge >= 0.3 is 6.09 Å². The third-order valence-corrected chi connectivity index (χ3v) is 6.30. The fourth-order valence-electron chi connectivity index (χ4n) is 2.08. The maximum Gasteiger partial charge on any atom is 0.409 e. The third-order valence-electron chi connectivity index (χ3n) is 3.10. The lowest BCUT2D eigenvalue weighted by atomic mass is 10.2. The molecule has 0 aliphatic carbocycles. The lowest BCUT2D eigenvalue weighted by Crippen LogP contribution is -2.08. The van der Waals surface area contributed by atoms with Crippen LogP contribution in [0.15, 0.2) is 35.2 Å². The van der Waals surface area contributed by atoms with Gasteiger partial charge in [-0.15, -0.1) is 23.5 Å². The molecule has 1 amide bonds. The molecule has 3 rings (SSSR count). The van der Waals surface area contributed by atoms with Gasteiger partial charge in [0.25, 0.3) is 0 Å². The maximum atomic E-state index is 10.7. The number of hydrogen-bond donors (Lipinski definition) is 2. The Morgan fingerprint density at radius 1 is 1.58 bits per heavy atom. The van der Waals surface area contributed by atoms with Gasteiger partial charge in [0.2, 0.25) is 0 Å². The van der Waals surface area contributed by atoms with Crippen LogP contribution in [0.3, 0.4) is 0 Å². The molecule has 2 N–H and O–H groups in total. The largest absolute Gasteiger partial charge is 0.465 e. The number of pyridine rings is 1. The highest BCUT2D eigenvalue weighted by Crippen LogP contribution is 2.52. The number of carbonyl (C=O) groups is 1. The van der Waals surface area contributed by atoms with E-state index in [1.165, 1.54) is 24.0 Å². The van der Waals surface area contributed by atoms with Crippen LogP contribution in [0.5, 0.6) is 0 Å². The van der Waals surface area contributed by atoms with Crippen molar-refractivity contribution in [2.75, 3.05) is 11.1 Å². The van der Waals surface area contributed by atoms with Crippen molar-refractivity contribution in [3.8, 4) is 6.07 Å². The summed E-state index contributed by atoms with van der Waals surface area (Å²) in [5.41, 5.74) is 1.51. The van der Waals surface area contributed by atoms with E-state index in [0.29, 0.717) is 22.1 Å². The Labute approximate surface area is 150 Å². The van der Waals surface area contributed by atoms with E-state index in [1.54, 1.807) is 35.0 Å². The van der Waals surface area contributed by atoms with Crippen molar-refractivity contribution in [1.82, 2.24) is 14.5 Å². The molecule has 1 unspecified atom stereocenters. The number of carboxylic acid groups (broad SMARTS) is 1. The predicted molar refractivity (Wildman–Crippen MR) is 94.7 cm³/mol. The minimum atomic E-state index is -1.17. The normalized spacial score (nSPS) is 18.9. The van der Waals surface area contributed by atoms with Crippen molar-refractivity contribution in [2.45, 2.75) is 5.25 Å². The Hall–Kier alpha value is -2.15. The van der Waals surface area contributed by atoms with Crippen LogP contribution in [0.4, 0.5) is 10.5 Å². The van der Waals surface area contributed by atoms with Gasteiger partial charge in [-0.1, -0.05) is 11.6 Å². The maximum absolute atomic E-state index is 10.7. The highest BCUT2D eigenvalue weighted by atomic mass is 35.5. The number of rotatable bonds is 3. The Morgan fingerprint density at radius 2 is 2.42 bits per heavy atom.